The van der Waals surface area contributed by atoms with Gasteiger partial charge in [0, 0.05) is 6.42 Å². The van der Waals surface area contributed by atoms with Gasteiger partial charge in [-0.15, -0.1) is 0 Å². The van der Waals surface area contributed by atoms with E-state index < -0.39 is 23.3 Å². The number of aliphatic hydroxyl groups is 1. The van der Waals surface area contributed by atoms with E-state index in [9.17, 15) is 19.5 Å². The molecule has 0 aliphatic heterocycles. The van der Waals surface area contributed by atoms with Crippen LogP contribution in [0.5, 0.6) is 0 Å². The fourth-order valence-corrected chi connectivity index (χ4v) is 2.07. The average molecular weight is 270 g/mol. The van der Waals surface area contributed by atoms with Gasteiger partial charge in [0.2, 0.25) is 5.60 Å². The first-order valence-corrected chi connectivity index (χ1v) is 6.07. The Kier molecular flexibility index (Phi) is 5.23. The Labute approximate surface area is 111 Å². The van der Waals surface area contributed by atoms with Gasteiger partial charge in [0.1, 0.15) is 0 Å². The molecule has 6 heteroatoms. The molecule has 0 saturated carbocycles. The third kappa shape index (κ3) is 3.41. The standard InChI is InChI=1S/C13H18O6/c1-18-11(15)10(14)13(17,12(16)19-2)8-9-6-4-3-5-7-9/h6,17H,3-5,7-8H2,1-2H3. The maximum absolute atomic E-state index is 11.8. The van der Waals surface area contributed by atoms with Gasteiger partial charge in [-0.1, -0.05) is 11.6 Å². The van der Waals surface area contributed by atoms with Crippen LogP contribution in [-0.4, -0.2) is 42.6 Å². The first-order valence-electron chi connectivity index (χ1n) is 6.07. The second-order valence-electron chi connectivity index (χ2n) is 4.46. The maximum Gasteiger partial charge on any atom is 0.378 e. The molecule has 0 heterocycles. The Balaban J connectivity index is 2.98. The minimum absolute atomic E-state index is 0.229. The Morgan fingerprint density at radius 3 is 2.42 bits per heavy atom. The van der Waals surface area contributed by atoms with Crippen molar-refractivity contribution in [2.45, 2.75) is 37.7 Å². The minimum Gasteiger partial charge on any atom is -0.467 e. The molecule has 0 amide bonds. The molecule has 1 atom stereocenters. The number of allylic oxidation sites excluding steroid dienone is 1. The van der Waals surface area contributed by atoms with Crippen LogP contribution in [0.15, 0.2) is 11.6 Å². The molecule has 0 aromatic heterocycles. The number of hydrogen-bond donors (Lipinski definition) is 1. The molecule has 0 radical (unpaired) electrons. The van der Waals surface area contributed by atoms with E-state index >= 15 is 0 Å². The number of esters is 2. The molecule has 0 saturated heterocycles. The zero-order valence-electron chi connectivity index (χ0n) is 11.1. The quantitative estimate of drug-likeness (QED) is 0.339. The van der Waals surface area contributed by atoms with Crippen LogP contribution in [0.4, 0.5) is 0 Å². The van der Waals surface area contributed by atoms with Crippen LogP contribution in [0, 0.1) is 0 Å². The lowest BCUT2D eigenvalue weighted by Crippen LogP contribution is -2.51. The summed E-state index contributed by atoms with van der Waals surface area (Å²) in [6.45, 7) is 0. The molecule has 0 spiro atoms. The van der Waals surface area contributed by atoms with Crippen molar-refractivity contribution in [3.05, 3.63) is 11.6 Å². The first-order chi connectivity index (χ1) is 8.95. The number of Topliss-reactive ketones (excluding diaryl/α,β-unsaturated/α-hetero) is 1. The van der Waals surface area contributed by atoms with Crippen molar-refractivity contribution in [2.75, 3.05) is 14.2 Å². The normalized spacial score (nSPS) is 17.9. The molecule has 0 aromatic carbocycles. The van der Waals surface area contributed by atoms with Crippen molar-refractivity contribution >= 4 is 17.7 Å². The third-order valence-corrected chi connectivity index (χ3v) is 3.14. The van der Waals surface area contributed by atoms with Gasteiger partial charge < -0.3 is 14.6 Å². The smallest absolute Gasteiger partial charge is 0.378 e. The number of carbonyl (C=O) groups is 3. The molecule has 1 rings (SSSR count). The van der Waals surface area contributed by atoms with E-state index in [-0.39, 0.29) is 6.42 Å². The molecule has 19 heavy (non-hydrogen) atoms. The second-order valence-corrected chi connectivity index (χ2v) is 4.46. The summed E-state index contributed by atoms with van der Waals surface area (Å²) in [4.78, 5) is 34.7. The van der Waals surface area contributed by atoms with Gasteiger partial charge in [0.25, 0.3) is 5.78 Å². The van der Waals surface area contributed by atoms with Gasteiger partial charge in [-0.25, -0.2) is 9.59 Å². The topological polar surface area (TPSA) is 89.9 Å². The molecule has 0 fully saturated rings. The van der Waals surface area contributed by atoms with E-state index in [1.807, 2.05) is 6.08 Å². The van der Waals surface area contributed by atoms with E-state index in [1.54, 1.807) is 0 Å². The van der Waals surface area contributed by atoms with Crippen molar-refractivity contribution in [1.82, 2.24) is 0 Å². The first kappa shape index (κ1) is 15.4. The molecule has 1 aliphatic rings. The van der Waals surface area contributed by atoms with Gasteiger partial charge >= 0.3 is 11.9 Å². The van der Waals surface area contributed by atoms with E-state index in [0.29, 0.717) is 6.42 Å². The van der Waals surface area contributed by atoms with Crippen molar-refractivity contribution in [3.63, 3.8) is 0 Å². The zero-order chi connectivity index (χ0) is 14.5. The molecular formula is C13H18O6. The molecule has 0 bridgehead atoms. The second kappa shape index (κ2) is 6.47. The molecule has 6 nitrogen and oxygen atoms in total. The van der Waals surface area contributed by atoms with Crippen molar-refractivity contribution in [3.8, 4) is 0 Å². The highest BCUT2D eigenvalue weighted by atomic mass is 16.5. The minimum atomic E-state index is -2.50. The van der Waals surface area contributed by atoms with E-state index in [0.717, 1.165) is 39.1 Å². The van der Waals surface area contributed by atoms with Gasteiger partial charge in [0.15, 0.2) is 0 Å². The van der Waals surface area contributed by atoms with E-state index in [2.05, 4.69) is 9.47 Å². The third-order valence-electron chi connectivity index (χ3n) is 3.14. The highest BCUT2D eigenvalue weighted by molar-refractivity contribution is 6.41. The molecule has 0 aromatic rings. The van der Waals surface area contributed by atoms with Crippen LogP contribution in [-0.2, 0) is 23.9 Å². The predicted molar refractivity (Wildman–Crippen MR) is 65.2 cm³/mol. The number of ether oxygens (including phenoxy) is 2. The summed E-state index contributed by atoms with van der Waals surface area (Å²) in [5.41, 5.74) is -1.72. The van der Waals surface area contributed by atoms with E-state index in [4.69, 9.17) is 0 Å². The van der Waals surface area contributed by atoms with Gasteiger partial charge in [-0.05, 0) is 25.7 Å². The number of methoxy groups -OCH3 is 2. The Morgan fingerprint density at radius 1 is 1.26 bits per heavy atom. The lowest BCUT2D eigenvalue weighted by atomic mass is 9.85. The predicted octanol–water partition coefficient (Wildman–Crippen LogP) is 0.523. The van der Waals surface area contributed by atoms with E-state index in [1.165, 1.54) is 0 Å². The highest BCUT2D eigenvalue weighted by Crippen LogP contribution is 2.27. The molecular weight excluding hydrogens is 252 g/mol. The number of hydrogen-bond acceptors (Lipinski definition) is 6. The number of rotatable bonds is 5. The largest absolute Gasteiger partial charge is 0.467 e. The number of carbonyl (C=O) groups excluding carboxylic acids is 3. The lowest BCUT2D eigenvalue weighted by molar-refractivity contribution is -0.175. The molecule has 1 aliphatic carbocycles. The summed E-state index contributed by atoms with van der Waals surface area (Å²) < 4.78 is 8.69. The van der Waals surface area contributed by atoms with Crippen LogP contribution in [0.25, 0.3) is 0 Å². The van der Waals surface area contributed by atoms with Crippen LogP contribution in [0.2, 0.25) is 0 Å². The Bertz CT molecular complexity index is 411. The fourth-order valence-electron chi connectivity index (χ4n) is 2.07. The number of ketones is 1. The summed E-state index contributed by atoms with van der Waals surface area (Å²) in [7, 11) is 2.06. The van der Waals surface area contributed by atoms with Crippen LogP contribution in [0.3, 0.4) is 0 Å². The summed E-state index contributed by atoms with van der Waals surface area (Å²) >= 11 is 0. The Hall–Kier alpha value is -1.69. The zero-order valence-corrected chi connectivity index (χ0v) is 11.1. The SMILES string of the molecule is COC(=O)C(=O)C(O)(CC1=CCCCC1)C(=O)OC. The summed E-state index contributed by atoms with van der Waals surface area (Å²) in [6, 6.07) is 0. The Morgan fingerprint density at radius 2 is 1.95 bits per heavy atom. The fraction of sp³-hybridized carbons (Fsp3) is 0.615. The summed E-state index contributed by atoms with van der Waals surface area (Å²) in [5.74, 6) is -3.70. The molecule has 1 N–H and O–H groups in total. The van der Waals surface area contributed by atoms with Crippen molar-refractivity contribution < 1.29 is 29.0 Å². The summed E-state index contributed by atoms with van der Waals surface area (Å²) in [5, 5.41) is 10.2. The van der Waals surface area contributed by atoms with Gasteiger partial charge in [0.05, 0.1) is 14.2 Å². The average Bonchev–Trinajstić information content (AvgIpc) is 2.45. The van der Waals surface area contributed by atoms with Gasteiger partial charge in [-0.3, -0.25) is 4.79 Å². The maximum atomic E-state index is 11.8. The highest BCUT2D eigenvalue weighted by Gasteiger charge is 2.49. The lowest BCUT2D eigenvalue weighted by Gasteiger charge is -2.25. The molecule has 106 valence electrons. The molecule has 1 unspecified atom stereocenters. The van der Waals surface area contributed by atoms with Gasteiger partial charge in [-0.2, -0.15) is 0 Å². The van der Waals surface area contributed by atoms with Crippen LogP contribution < -0.4 is 0 Å². The van der Waals surface area contributed by atoms with Crippen LogP contribution in [0.1, 0.15) is 32.1 Å². The summed E-state index contributed by atoms with van der Waals surface area (Å²) in [6.07, 6.45) is 5.13. The monoisotopic (exact) mass is 270 g/mol. The van der Waals surface area contributed by atoms with Crippen LogP contribution >= 0.6 is 0 Å². The van der Waals surface area contributed by atoms with Crippen molar-refractivity contribution in [1.29, 1.82) is 0 Å². The van der Waals surface area contributed by atoms with Crippen molar-refractivity contribution in [2.24, 2.45) is 0 Å².